The van der Waals surface area contributed by atoms with E-state index in [0.717, 1.165) is 17.1 Å². The van der Waals surface area contributed by atoms with Gasteiger partial charge in [-0.25, -0.2) is 0 Å². The van der Waals surface area contributed by atoms with Crippen LogP contribution < -0.4 is 0 Å². The summed E-state index contributed by atoms with van der Waals surface area (Å²) in [4.78, 5) is 4.55. The molecule has 1 radical (unpaired) electrons. The van der Waals surface area contributed by atoms with Crippen LogP contribution >= 0.6 is 11.5 Å². The van der Waals surface area contributed by atoms with Crippen molar-refractivity contribution in [2.24, 2.45) is 0 Å². The Bertz CT molecular complexity index is 1110. The van der Waals surface area contributed by atoms with E-state index in [4.69, 9.17) is 0 Å². The minimum absolute atomic E-state index is 0. The zero-order valence-corrected chi connectivity index (χ0v) is 16.2. The van der Waals surface area contributed by atoms with E-state index in [-0.39, 0.29) is 20.1 Å². The van der Waals surface area contributed by atoms with Gasteiger partial charge in [-0.15, -0.1) is 17.1 Å². The first-order valence-electron chi connectivity index (χ1n) is 7.68. The summed E-state index contributed by atoms with van der Waals surface area (Å²) in [5.41, 5.74) is 2.07. The minimum atomic E-state index is 0. The van der Waals surface area contributed by atoms with E-state index >= 15 is 0 Å². The van der Waals surface area contributed by atoms with Gasteiger partial charge in [0, 0.05) is 49.1 Å². The SMILES string of the molecule is [Ir].[c-]1nscc1-c1nccn1-c1c2ccccc2cc2ccccc12. The first kappa shape index (κ1) is 16.2. The quantitative estimate of drug-likeness (QED) is 0.241. The molecule has 0 spiro atoms. The van der Waals surface area contributed by atoms with Gasteiger partial charge < -0.3 is 9.55 Å². The molecule has 0 aliphatic rings. The molecular formula is C20H12IrN3S-. The van der Waals surface area contributed by atoms with Crippen molar-refractivity contribution in [3.8, 4) is 17.1 Å². The summed E-state index contributed by atoms with van der Waals surface area (Å²) in [7, 11) is 0. The standard InChI is InChI=1S/C20H12N3S.Ir/c1-3-7-17-14(5-1)11-15-6-2-4-8-18(15)19(17)23-10-9-21-20(23)16-12-22-24-13-16;/h1-11,13H;/q-1;. The number of hydrogen-bond donors (Lipinski definition) is 0. The number of hydrogen-bond acceptors (Lipinski definition) is 3. The van der Waals surface area contributed by atoms with E-state index in [1.165, 1.54) is 33.1 Å². The van der Waals surface area contributed by atoms with Crippen molar-refractivity contribution in [1.82, 2.24) is 13.9 Å². The van der Waals surface area contributed by atoms with Gasteiger partial charge >= 0.3 is 0 Å². The fourth-order valence-electron chi connectivity index (χ4n) is 3.22. The maximum atomic E-state index is 4.55. The molecule has 0 amide bonds. The molecule has 5 aromatic rings. The molecule has 0 saturated carbocycles. The number of imidazole rings is 1. The van der Waals surface area contributed by atoms with Crippen molar-refractivity contribution in [2.75, 3.05) is 0 Å². The van der Waals surface area contributed by atoms with Crippen molar-refractivity contribution < 1.29 is 20.1 Å². The summed E-state index contributed by atoms with van der Waals surface area (Å²) in [5, 5.41) is 6.83. The summed E-state index contributed by atoms with van der Waals surface area (Å²) in [6.07, 6.45) is 6.87. The van der Waals surface area contributed by atoms with Crippen LogP contribution in [0.3, 0.4) is 0 Å². The maximum Gasteiger partial charge on any atom is 0.0511 e. The van der Waals surface area contributed by atoms with Crippen molar-refractivity contribution in [3.63, 3.8) is 0 Å². The second kappa shape index (κ2) is 6.52. The van der Waals surface area contributed by atoms with E-state index < -0.39 is 0 Å². The Hall–Kier alpha value is -2.33. The number of nitrogens with zero attached hydrogens (tertiary/aromatic N) is 3. The van der Waals surface area contributed by atoms with Crippen molar-refractivity contribution in [2.45, 2.75) is 0 Å². The zero-order valence-electron chi connectivity index (χ0n) is 13.0. The third kappa shape index (κ3) is 2.61. The average molecular weight is 519 g/mol. The number of rotatable bonds is 2. The zero-order chi connectivity index (χ0) is 15.9. The first-order chi connectivity index (χ1) is 11.9. The predicted molar refractivity (Wildman–Crippen MR) is 98.5 cm³/mol. The van der Waals surface area contributed by atoms with Gasteiger partial charge in [0.05, 0.1) is 5.69 Å². The van der Waals surface area contributed by atoms with Crippen LogP contribution in [-0.2, 0) is 20.1 Å². The van der Waals surface area contributed by atoms with Crippen molar-refractivity contribution >= 4 is 33.1 Å². The third-order valence-electron chi connectivity index (χ3n) is 4.25. The molecule has 0 atom stereocenters. The molecular weight excluding hydrogens is 507 g/mol. The average Bonchev–Trinajstić information content (AvgIpc) is 3.30. The second-order valence-corrected chi connectivity index (χ2v) is 6.26. The van der Waals surface area contributed by atoms with Crippen LogP contribution in [0.2, 0.25) is 0 Å². The topological polar surface area (TPSA) is 30.7 Å². The normalized spacial score (nSPS) is 10.9. The molecule has 5 heteroatoms. The first-order valence-corrected chi connectivity index (χ1v) is 8.52. The molecule has 0 aliphatic carbocycles. The number of aromatic nitrogens is 3. The van der Waals surface area contributed by atoms with Crippen LogP contribution in [0.25, 0.3) is 38.6 Å². The van der Waals surface area contributed by atoms with Gasteiger partial charge in [-0.05, 0) is 16.8 Å². The van der Waals surface area contributed by atoms with E-state index in [2.05, 4.69) is 74.7 Å². The Balaban J connectivity index is 0.00000157. The molecule has 3 nitrogen and oxygen atoms in total. The van der Waals surface area contributed by atoms with Gasteiger partial charge in [0.25, 0.3) is 0 Å². The van der Waals surface area contributed by atoms with Crippen LogP contribution in [0.1, 0.15) is 0 Å². The van der Waals surface area contributed by atoms with Crippen LogP contribution in [0, 0.1) is 6.20 Å². The maximum absolute atomic E-state index is 4.55. The van der Waals surface area contributed by atoms with E-state index in [1.807, 2.05) is 17.8 Å². The molecule has 3 aromatic carbocycles. The van der Waals surface area contributed by atoms with Crippen LogP contribution in [0.5, 0.6) is 0 Å². The molecule has 0 fully saturated rings. The van der Waals surface area contributed by atoms with Crippen molar-refractivity contribution in [1.29, 1.82) is 0 Å². The molecule has 0 unspecified atom stereocenters. The monoisotopic (exact) mass is 519 g/mol. The van der Waals surface area contributed by atoms with Crippen LogP contribution in [-0.4, -0.2) is 13.9 Å². The van der Waals surface area contributed by atoms with Gasteiger partial charge in [-0.1, -0.05) is 60.1 Å². The van der Waals surface area contributed by atoms with E-state index in [9.17, 15) is 0 Å². The summed E-state index contributed by atoms with van der Waals surface area (Å²) < 4.78 is 6.24. The Morgan fingerprint density at radius 1 is 0.920 bits per heavy atom. The van der Waals surface area contributed by atoms with Gasteiger partial charge in [-0.3, -0.25) is 4.37 Å². The Morgan fingerprint density at radius 3 is 2.24 bits per heavy atom. The van der Waals surface area contributed by atoms with Gasteiger partial charge in [0.1, 0.15) is 0 Å². The Labute approximate surface area is 162 Å². The Kier molecular flexibility index (Phi) is 4.22. The molecule has 123 valence electrons. The minimum Gasteiger partial charge on any atom is -0.352 e. The molecule has 0 N–H and O–H groups in total. The molecule has 5 rings (SSSR count). The van der Waals surface area contributed by atoms with Crippen LogP contribution in [0.15, 0.2) is 72.4 Å². The second-order valence-electron chi connectivity index (χ2n) is 5.63. The van der Waals surface area contributed by atoms with Gasteiger partial charge in [-0.2, -0.15) is 0 Å². The number of benzene rings is 3. The fraction of sp³-hybridized carbons (Fsp3) is 0. The summed E-state index contributed by atoms with van der Waals surface area (Å²) in [5.74, 6) is 0.866. The third-order valence-corrected chi connectivity index (χ3v) is 4.79. The summed E-state index contributed by atoms with van der Waals surface area (Å²) in [6, 6.07) is 19.2. The summed E-state index contributed by atoms with van der Waals surface area (Å²) in [6.45, 7) is 0. The molecule has 0 aliphatic heterocycles. The summed E-state index contributed by atoms with van der Waals surface area (Å²) >= 11 is 1.39. The molecule has 0 saturated heterocycles. The van der Waals surface area contributed by atoms with Gasteiger partial charge in [0.2, 0.25) is 0 Å². The molecule has 0 bridgehead atoms. The van der Waals surface area contributed by atoms with E-state index in [1.54, 1.807) is 0 Å². The van der Waals surface area contributed by atoms with E-state index in [0.29, 0.717) is 0 Å². The smallest absolute Gasteiger partial charge is 0.0511 e. The fourth-order valence-corrected chi connectivity index (χ4v) is 3.68. The van der Waals surface area contributed by atoms with Crippen LogP contribution in [0.4, 0.5) is 0 Å². The Morgan fingerprint density at radius 2 is 1.60 bits per heavy atom. The molecule has 2 heterocycles. The molecule has 25 heavy (non-hydrogen) atoms. The molecule has 2 aromatic heterocycles. The van der Waals surface area contributed by atoms with Crippen molar-refractivity contribution in [3.05, 3.63) is 78.6 Å². The predicted octanol–water partition coefficient (Wildman–Crippen LogP) is 5.10. The van der Waals surface area contributed by atoms with Gasteiger partial charge in [0.15, 0.2) is 0 Å². The number of fused-ring (bicyclic) bond motifs is 2. The largest absolute Gasteiger partial charge is 0.352 e.